The first-order valence-electron chi connectivity index (χ1n) is 7.86. The SMILES string of the molecule is CCc1ccc(NC(=O)c2cccnc2OC2CCSC2)cc1. The van der Waals surface area contributed by atoms with Crippen molar-refractivity contribution in [2.45, 2.75) is 25.9 Å². The lowest BCUT2D eigenvalue weighted by molar-refractivity contribution is 0.101. The van der Waals surface area contributed by atoms with Crippen molar-refractivity contribution in [3.05, 3.63) is 53.7 Å². The van der Waals surface area contributed by atoms with Gasteiger partial charge in [-0.25, -0.2) is 4.98 Å². The molecule has 1 amide bonds. The number of carbonyl (C=O) groups excluding carboxylic acids is 1. The number of amides is 1. The summed E-state index contributed by atoms with van der Waals surface area (Å²) in [6.07, 6.45) is 3.78. The van der Waals surface area contributed by atoms with E-state index in [1.54, 1.807) is 18.3 Å². The van der Waals surface area contributed by atoms with Gasteiger partial charge < -0.3 is 10.1 Å². The lowest BCUT2D eigenvalue weighted by atomic mass is 10.1. The topological polar surface area (TPSA) is 51.2 Å². The molecule has 2 heterocycles. The predicted molar refractivity (Wildman–Crippen MR) is 94.4 cm³/mol. The second-order valence-corrected chi connectivity index (χ2v) is 6.61. The quantitative estimate of drug-likeness (QED) is 0.907. The minimum absolute atomic E-state index is 0.144. The highest BCUT2D eigenvalue weighted by molar-refractivity contribution is 7.99. The lowest BCUT2D eigenvalue weighted by Gasteiger charge is -2.14. The van der Waals surface area contributed by atoms with E-state index >= 15 is 0 Å². The van der Waals surface area contributed by atoms with Crippen LogP contribution in [0.5, 0.6) is 5.88 Å². The number of rotatable bonds is 5. The van der Waals surface area contributed by atoms with Gasteiger partial charge in [0.2, 0.25) is 5.88 Å². The van der Waals surface area contributed by atoms with Gasteiger partial charge in [-0.1, -0.05) is 19.1 Å². The van der Waals surface area contributed by atoms with E-state index in [1.165, 1.54) is 5.56 Å². The molecule has 1 aromatic carbocycles. The number of aryl methyl sites for hydroxylation is 1. The Hall–Kier alpha value is -2.01. The molecule has 3 rings (SSSR count). The van der Waals surface area contributed by atoms with Crippen molar-refractivity contribution in [2.24, 2.45) is 0 Å². The van der Waals surface area contributed by atoms with Crippen molar-refractivity contribution in [2.75, 3.05) is 16.8 Å². The first-order valence-corrected chi connectivity index (χ1v) is 9.01. The van der Waals surface area contributed by atoms with Crippen molar-refractivity contribution in [1.82, 2.24) is 4.98 Å². The molecule has 0 spiro atoms. The molecule has 1 aromatic heterocycles. The summed E-state index contributed by atoms with van der Waals surface area (Å²) < 4.78 is 5.91. The zero-order valence-corrected chi connectivity index (χ0v) is 13.9. The van der Waals surface area contributed by atoms with E-state index < -0.39 is 0 Å². The molecule has 1 unspecified atom stereocenters. The predicted octanol–water partition coefficient (Wildman–Crippen LogP) is 3.78. The zero-order chi connectivity index (χ0) is 16.1. The number of ether oxygens (including phenoxy) is 1. The molecule has 5 heteroatoms. The monoisotopic (exact) mass is 328 g/mol. The van der Waals surface area contributed by atoms with Crippen molar-refractivity contribution in [1.29, 1.82) is 0 Å². The number of pyridine rings is 1. The largest absolute Gasteiger partial charge is 0.473 e. The number of thioether (sulfide) groups is 1. The Bertz CT molecular complexity index is 667. The summed E-state index contributed by atoms with van der Waals surface area (Å²) in [6, 6.07) is 11.4. The number of benzene rings is 1. The van der Waals surface area contributed by atoms with Gasteiger partial charge in [0.1, 0.15) is 11.7 Å². The fourth-order valence-electron chi connectivity index (χ4n) is 2.44. The zero-order valence-electron chi connectivity index (χ0n) is 13.1. The molecule has 0 saturated carbocycles. The maximum atomic E-state index is 12.5. The van der Waals surface area contributed by atoms with Gasteiger partial charge in [-0.05, 0) is 48.4 Å². The Morgan fingerprint density at radius 3 is 2.87 bits per heavy atom. The van der Waals surface area contributed by atoms with E-state index in [0.29, 0.717) is 11.4 Å². The molecule has 1 aliphatic rings. The first-order chi connectivity index (χ1) is 11.3. The van der Waals surface area contributed by atoms with Crippen LogP contribution in [0, 0.1) is 0 Å². The number of hydrogen-bond donors (Lipinski definition) is 1. The number of hydrogen-bond acceptors (Lipinski definition) is 4. The summed E-state index contributed by atoms with van der Waals surface area (Å²) in [6.45, 7) is 2.11. The Balaban J connectivity index is 1.73. The van der Waals surface area contributed by atoms with E-state index in [0.717, 1.165) is 30.0 Å². The minimum atomic E-state index is -0.192. The molecule has 0 aliphatic carbocycles. The van der Waals surface area contributed by atoms with Crippen molar-refractivity contribution < 1.29 is 9.53 Å². The molecule has 4 nitrogen and oxygen atoms in total. The number of aromatic nitrogens is 1. The van der Waals surface area contributed by atoms with Crippen molar-refractivity contribution >= 4 is 23.4 Å². The molecule has 120 valence electrons. The fraction of sp³-hybridized carbons (Fsp3) is 0.333. The highest BCUT2D eigenvalue weighted by Gasteiger charge is 2.21. The van der Waals surface area contributed by atoms with Crippen LogP contribution < -0.4 is 10.1 Å². The van der Waals surface area contributed by atoms with E-state index in [2.05, 4.69) is 17.2 Å². The third kappa shape index (κ3) is 4.05. The summed E-state index contributed by atoms with van der Waals surface area (Å²) in [4.78, 5) is 16.8. The van der Waals surface area contributed by atoms with Crippen LogP contribution in [0.15, 0.2) is 42.6 Å². The Morgan fingerprint density at radius 2 is 2.17 bits per heavy atom. The van der Waals surface area contributed by atoms with Crippen LogP contribution in [0.3, 0.4) is 0 Å². The Kier molecular flexibility index (Phi) is 5.18. The molecule has 0 bridgehead atoms. The average Bonchev–Trinajstić information content (AvgIpc) is 3.09. The molecular formula is C18H20N2O2S. The van der Waals surface area contributed by atoms with E-state index in [-0.39, 0.29) is 12.0 Å². The maximum absolute atomic E-state index is 12.5. The number of anilines is 1. The van der Waals surface area contributed by atoms with Crippen LogP contribution in [-0.4, -0.2) is 28.5 Å². The third-order valence-electron chi connectivity index (χ3n) is 3.80. The lowest BCUT2D eigenvalue weighted by Crippen LogP contribution is -2.20. The molecule has 1 N–H and O–H groups in total. The van der Waals surface area contributed by atoms with Gasteiger partial charge in [0.15, 0.2) is 0 Å². The van der Waals surface area contributed by atoms with Crippen LogP contribution in [0.25, 0.3) is 0 Å². The van der Waals surface area contributed by atoms with Gasteiger partial charge in [0.25, 0.3) is 5.91 Å². The Morgan fingerprint density at radius 1 is 1.35 bits per heavy atom. The van der Waals surface area contributed by atoms with Gasteiger partial charge in [-0.3, -0.25) is 4.79 Å². The summed E-state index contributed by atoms with van der Waals surface area (Å²) in [7, 11) is 0. The average molecular weight is 328 g/mol. The second kappa shape index (κ2) is 7.51. The summed E-state index contributed by atoms with van der Waals surface area (Å²) in [5.41, 5.74) is 2.49. The van der Waals surface area contributed by atoms with Gasteiger partial charge in [-0.2, -0.15) is 11.8 Å². The molecule has 23 heavy (non-hydrogen) atoms. The van der Waals surface area contributed by atoms with Crippen LogP contribution in [0.4, 0.5) is 5.69 Å². The van der Waals surface area contributed by atoms with Gasteiger partial charge in [0, 0.05) is 17.6 Å². The van der Waals surface area contributed by atoms with Gasteiger partial charge >= 0.3 is 0 Å². The highest BCUT2D eigenvalue weighted by Crippen LogP contribution is 2.24. The third-order valence-corrected chi connectivity index (χ3v) is 4.93. The number of nitrogens with one attached hydrogen (secondary N) is 1. The highest BCUT2D eigenvalue weighted by atomic mass is 32.2. The van der Waals surface area contributed by atoms with Crippen LogP contribution in [0.1, 0.15) is 29.3 Å². The summed E-state index contributed by atoms with van der Waals surface area (Å²) in [5, 5.41) is 2.91. The number of nitrogens with zero attached hydrogens (tertiary/aromatic N) is 1. The number of carbonyl (C=O) groups is 1. The van der Waals surface area contributed by atoms with Crippen LogP contribution in [-0.2, 0) is 6.42 Å². The molecule has 0 radical (unpaired) electrons. The maximum Gasteiger partial charge on any atom is 0.261 e. The van der Waals surface area contributed by atoms with E-state index in [1.807, 2.05) is 36.0 Å². The molecule has 1 saturated heterocycles. The standard InChI is InChI=1S/C18H20N2O2S/c1-2-13-5-7-14(8-6-13)20-17(21)16-4-3-10-19-18(16)22-15-9-11-23-12-15/h3-8,10,15H,2,9,11-12H2,1H3,(H,20,21). The van der Waals surface area contributed by atoms with Gasteiger partial charge in [-0.15, -0.1) is 0 Å². The minimum Gasteiger partial charge on any atom is -0.473 e. The fourth-order valence-corrected chi connectivity index (χ4v) is 3.54. The molecule has 1 aliphatic heterocycles. The van der Waals surface area contributed by atoms with Gasteiger partial charge in [0.05, 0.1) is 0 Å². The summed E-state index contributed by atoms with van der Waals surface area (Å²) in [5.74, 6) is 2.28. The second-order valence-electron chi connectivity index (χ2n) is 5.46. The van der Waals surface area contributed by atoms with Crippen molar-refractivity contribution in [3.63, 3.8) is 0 Å². The molecule has 1 fully saturated rings. The normalized spacial score (nSPS) is 17.0. The summed E-state index contributed by atoms with van der Waals surface area (Å²) >= 11 is 1.87. The smallest absolute Gasteiger partial charge is 0.261 e. The van der Waals surface area contributed by atoms with E-state index in [4.69, 9.17) is 4.74 Å². The molecule has 2 aromatic rings. The molecular weight excluding hydrogens is 308 g/mol. The van der Waals surface area contributed by atoms with Crippen LogP contribution >= 0.6 is 11.8 Å². The first kappa shape index (κ1) is 15.9. The molecule has 1 atom stereocenters. The van der Waals surface area contributed by atoms with E-state index in [9.17, 15) is 4.79 Å². The van der Waals surface area contributed by atoms with Crippen molar-refractivity contribution in [3.8, 4) is 5.88 Å². The van der Waals surface area contributed by atoms with Crippen LogP contribution in [0.2, 0.25) is 0 Å². The Labute approximate surface area is 140 Å².